The van der Waals surface area contributed by atoms with E-state index in [0.29, 0.717) is 26.4 Å². The summed E-state index contributed by atoms with van der Waals surface area (Å²) < 4.78 is 2.99. The van der Waals surface area contributed by atoms with Crippen LogP contribution in [-0.2, 0) is 24.4 Å². The molecule has 0 atom stereocenters. The van der Waals surface area contributed by atoms with Gasteiger partial charge in [0.2, 0.25) is 5.91 Å². The molecular formula is C24H19ClN4O3S. The van der Waals surface area contributed by atoms with Gasteiger partial charge in [0.05, 0.1) is 23.7 Å². The number of carbonyl (C=O) groups is 1. The Morgan fingerprint density at radius 2 is 1.76 bits per heavy atom. The summed E-state index contributed by atoms with van der Waals surface area (Å²) in [5, 5.41) is 14.5. The predicted molar refractivity (Wildman–Crippen MR) is 129 cm³/mol. The molecule has 1 amide bonds. The van der Waals surface area contributed by atoms with Gasteiger partial charge in [0.15, 0.2) is 0 Å². The van der Waals surface area contributed by atoms with Gasteiger partial charge in [-0.05, 0) is 34.7 Å². The van der Waals surface area contributed by atoms with E-state index in [4.69, 9.17) is 11.6 Å². The Kier molecular flexibility index (Phi) is 6.73. The van der Waals surface area contributed by atoms with E-state index in [1.807, 2.05) is 12.1 Å². The van der Waals surface area contributed by atoms with Gasteiger partial charge >= 0.3 is 5.69 Å². The van der Waals surface area contributed by atoms with Crippen LogP contribution in [0.5, 0.6) is 0 Å². The first kappa shape index (κ1) is 22.5. The SMILES string of the molecule is N#Cc1ccccc1Cn1c(=O)n(CCC(=O)NCc2ccccc2Cl)c(=O)c2sccc21. The van der Waals surface area contributed by atoms with Gasteiger partial charge < -0.3 is 5.32 Å². The molecule has 7 nitrogen and oxygen atoms in total. The van der Waals surface area contributed by atoms with E-state index in [9.17, 15) is 19.6 Å². The summed E-state index contributed by atoms with van der Waals surface area (Å²) in [7, 11) is 0. The van der Waals surface area contributed by atoms with Crippen LogP contribution in [0.2, 0.25) is 5.02 Å². The van der Waals surface area contributed by atoms with E-state index in [2.05, 4.69) is 11.4 Å². The number of benzene rings is 2. The summed E-state index contributed by atoms with van der Waals surface area (Å²) in [6.07, 6.45) is -0.0364. The number of rotatable bonds is 7. The molecule has 0 bridgehead atoms. The van der Waals surface area contributed by atoms with E-state index < -0.39 is 11.2 Å². The number of hydrogen-bond acceptors (Lipinski definition) is 5. The number of nitrogens with one attached hydrogen (secondary N) is 1. The maximum absolute atomic E-state index is 13.2. The number of aromatic nitrogens is 2. The Labute approximate surface area is 198 Å². The van der Waals surface area contributed by atoms with Gasteiger partial charge in [0, 0.05) is 24.5 Å². The van der Waals surface area contributed by atoms with Crippen molar-refractivity contribution in [3.8, 4) is 6.07 Å². The second kappa shape index (κ2) is 9.86. The molecule has 0 spiro atoms. The maximum atomic E-state index is 13.2. The van der Waals surface area contributed by atoms with Crippen LogP contribution >= 0.6 is 22.9 Å². The molecule has 0 aliphatic carbocycles. The number of nitriles is 1. The molecule has 0 saturated carbocycles. The zero-order valence-corrected chi connectivity index (χ0v) is 19.0. The molecule has 33 heavy (non-hydrogen) atoms. The average Bonchev–Trinajstić information content (AvgIpc) is 3.31. The summed E-state index contributed by atoms with van der Waals surface area (Å²) in [4.78, 5) is 38.6. The summed E-state index contributed by atoms with van der Waals surface area (Å²) >= 11 is 7.35. The third kappa shape index (κ3) is 4.75. The number of thiophene rings is 1. The van der Waals surface area contributed by atoms with Gasteiger partial charge in [-0.15, -0.1) is 11.3 Å². The molecule has 0 aliphatic rings. The molecule has 2 heterocycles. The molecule has 4 aromatic rings. The Hall–Kier alpha value is -3.67. The molecular weight excluding hydrogens is 460 g/mol. The zero-order chi connectivity index (χ0) is 23.4. The van der Waals surface area contributed by atoms with Crippen LogP contribution in [0, 0.1) is 11.3 Å². The van der Waals surface area contributed by atoms with Crippen LogP contribution in [0.1, 0.15) is 23.1 Å². The molecule has 4 rings (SSSR count). The van der Waals surface area contributed by atoms with Gasteiger partial charge in [-0.3, -0.25) is 18.7 Å². The molecule has 166 valence electrons. The highest BCUT2D eigenvalue weighted by atomic mass is 35.5. The van der Waals surface area contributed by atoms with Crippen molar-refractivity contribution in [3.05, 3.63) is 103 Å². The van der Waals surface area contributed by atoms with Gasteiger partial charge in [-0.1, -0.05) is 48.0 Å². The van der Waals surface area contributed by atoms with Crippen LogP contribution in [0.3, 0.4) is 0 Å². The van der Waals surface area contributed by atoms with Gasteiger partial charge in [-0.2, -0.15) is 5.26 Å². The van der Waals surface area contributed by atoms with Crippen molar-refractivity contribution in [3.63, 3.8) is 0 Å². The predicted octanol–water partition coefficient (Wildman–Crippen LogP) is 3.50. The summed E-state index contributed by atoms with van der Waals surface area (Å²) in [5.74, 6) is -0.297. The van der Waals surface area contributed by atoms with Crippen LogP contribution < -0.4 is 16.6 Å². The normalized spacial score (nSPS) is 10.8. The fraction of sp³-hybridized carbons (Fsp3) is 0.167. The molecule has 1 N–H and O–H groups in total. The van der Waals surface area contributed by atoms with Crippen molar-refractivity contribution in [2.75, 3.05) is 0 Å². The number of hydrogen-bond donors (Lipinski definition) is 1. The number of fused-ring (bicyclic) bond motifs is 1. The van der Waals surface area contributed by atoms with Crippen molar-refractivity contribution < 1.29 is 4.79 Å². The summed E-state index contributed by atoms with van der Waals surface area (Å²) in [5.41, 5.74) is 1.50. The number of carbonyl (C=O) groups excluding carboxylic acids is 1. The smallest absolute Gasteiger partial charge is 0.331 e. The lowest BCUT2D eigenvalue weighted by Gasteiger charge is -2.13. The van der Waals surface area contributed by atoms with Crippen LogP contribution in [0.4, 0.5) is 0 Å². The average molecular weight is 479 g/mol. The quantitative estimate of drug-likeness (QED) is 0.439. The Balaban J connectivity index is 1.59. The first-order chi connectivity index (χ1) is 16.0. The van der Waals surface area contributed by atoms with Crippen molar-refractivity contribution in [2.24, 2.45) is 0 Å². The first-order valence-electron chi connectivity index (χ1n) is 10.2. The second-order valence-electron chi connectivity index (χ2n) is 7.35. The first-order valence-corrected chi connectivity index (χ1v) is 11.4. The highest BCUT2D eigenvalue weighted by Gasteiger charge is 2.16. The summed E-state index contributed by atoms with van der Waals surface area (Å²) in [6.45, 7) is 0.348. The van der Waals surface area contributed by atoms with E-state index in [1.165, 1.54) is 15.9 Å². The molecule has 0 aliphatic heterocycles. The molecule has 2 aromatic carbocycles. The number of halogens is 1. The van der Waals surface area contributed by atoms with Crippen molar-refractivity contribution in [1.82, 2.24) is 14.5 Å². The monoisotopic (exact) mass is 478 g/mol. The van der Waals surface area contributed by atoms with E-state index in [0.717, 1.165) is 10.1 Å². The standard InChI is InChI=1S/C24H19ClN4O3S/c25-19-8-4-3-6-17(19)14-27-21(30)9-11-28-23(31)22-20(10-12-33-22)29(24(28)32)15-18-7-2-1-5-16(18)13-26/h1-8,10,12H,9,11,14-15H2,(H,27,30). The minimum atomic E-state index is -0.516. The molecule has 0 saturated heterocycles. The topological polar surface area (TPSA) is 96.9 Å². The number of amides is 1. The largest absolute Gasteiger partial charge is 0.352 e. The maximum Gasteiger partial charge on any atom is 0.331 e. The molecule has 2 aromatic heterocycles. The van der Waals surface area contributed by atoms with E-state index >= 15 is 0 Å². The third-order valence-corrected chi connectivity index (χ3v) is 6.56. The van der Waals surface area contributed by atoms with Crippen LogP contribution in [-0.4, -0.2) is 15.0 Å². The lowest BCUT2D eigenvalue weighted by atomic mass is 10.1. The molecule has 0 radical (unpaired) electrons. The molecule has 9 heteroatoms. The lowest BCUT2D eigenvalue weighted by molar-refractivity contribution is -0.121. The van der Waals surface area contributed by atoms with Crippen LogP contribution in [0.15, 0.2) is 69.6 Å². The summed E-state index contributed by atoms with van der Waals surface area (Å²) in [6, 6.07) is 18.1. The van der Waals surface area contributed by atoms with E-state index in [-0.39, 0.29) is 32.0 Å². The zero-order valence-electron chi connectivity index (χ0n) is 17.5. The van der Waals surface area contributed by atoms with E-state index in [1.54, 1.807) is 47.8 Å². The second-order valence-corrected chi connectivity index (χ2v) is 8.67. The lowest BCUT2D eigenvalue weighted by Crippen LogP contribution is -2.41. The Bertz CT molecular complexity index is 1500. The highest BCUT2D eigenvalue weighted by molar-refractivity contribution is 7.17. The van der Waals surface area contributed by atoms with Crippen molar-refractivity contribution in [1.29, 1.82) is 5.26 Å². The minimum absolute atomic E-state index is 0.0364. The molecule has 0 unspecified atom stereocenters. The fourth-order valence-electron chi connectivity index (χ4n) is 3.56. The van der Waals surface area contributed by atoms with Gasteiger partial charge in [0.1, 0.15) is 4.70 Å². The highest BCUT2D eigenvalue weighted by Crippen LogP contribution is 2.18. The van der Waals surface area contributed by atoms with Crippen molar-refractivity contribution >= 4 is 39.1 Å². The van der Waals surface area contributed by atoms with Gasteiger partial charge in [-0.25, -0.2) is 4.79 Å². The van der Waals surface area contributed by atoms with Crippen molar-refractivity contribution in [2.45, 2.75) is 26.1 Å². The molecule has 0 fully saturated rings. The fourth-order valence-corrected chi connectivity index (χ4v) is 4.60. The Morgan fingerprint density at radius 1 is 1.03 bits per heavy atom. The number of nitrogens with zero attached hydrogens (tertiary/aromatic N) is 3. The minimum Gasteiger partial charge on any atom is -0.352 e. The van der Waals surface area contributed by atoms with Crippen LogP contribution in [0.25, 0.3) is 10.2 Å². The van der Waals surface area contributed by atoms with Gasteiger partial charge in [0.25, 0.3) is 5.56 Å². The Morgan fingerprint density at radius 3 is 2.52 bits per heavy atom. The third-order valence-electron chi connectivity index (χ3n) is 5.30.